The van der Waals surface area contributed by atoms with Crippen LogP contribution in [0.2, 0.25) is 0 Å². The summed E-state index contributed by atoms with van der Waals surface area (Å²) in [6.45, 7) is 2.01. The van der Waals surface area contributed by atoms with Crippen LogP contribution in [0.1, 0.15) is 24.8 Å². The number of amides is 2. The van der Waals surface area contributed by atoms with E-state index in [1.807, 2.05) is 0 Å². The Bertz CT molecular complexity index is 520. The zero-order valence-corrected chi connectivity index (χ0v) is 12.5. The lowest BCUT2D eigenvalue weighted by Crippen LogP contribution is -2.53. The third-order valence-electron chi connectivity index (χ3n) is 4.16. The molecule has 0 unspecified atom stereocenters. The Labute approximate surface area is 129 Å². The molecule has 120 valence electrons. The van der Waals surface area contributed by atoms with Crippen molar-refractivity contribution in [1.82, 2.24) is 10.2 Å². The van der Waals surface area contributed by atoms with Gasteiger partial charge in [-0.1, -0.05) is 18.2 Å². The van der Waals surface area contributed by atoms with Gasteiger partial charge in [0.15, 0.2) is 6.29 Å². The molecular formula is C16H21FN2O3. The van der Waals surface area contributed by atoms with Gasteiger partial charge in [-0.2, -0.15) is 0 Å². The van der Waals surface area contributed by atoms with Crippen molar-refractivity contribution in [3.63, 3.8) is 0 Å². The minimum absolute atomic E-state index is 0.0585. The van der Waals surface area contributed by atoms with Crippen molar-refractivity contribution >= 4 is 6.03 Å². The van der Waals surface area contributed by atoms with Gasteiger partial charge in [0.2, 0.25) is 0 Å². The Balaban J connectivity index is 1.61. The summed E-state index contributed by atoms with van der Waals surface area (Å²) in [4.78, 5) is 14.2. The van der Waals surface area contributed by atoms with E-state index in [2.05, 4.69) is 5.32 Å². The first kappa shape index (κ1) is 15.2. The van der Waals surface area contributed by atoms with Crippen LogP contribution in [0, 0.1) is 5.82 Å². The number of likely N-dealkylation sites (tertiary alicyclic amines) is 1. The topological polar surface area (TPSA) is 50.8 Å². The van der Waals surface area contributed by atoms with E-state index in [9.17, 15) is 9.18 Å². The molecule has 0 aliphatic carbocycles. The SMILES string of the molecule is O=C(NCc1ccccc1F)N1CCCC[C@@H]1C1OCCO1. The van der Waals surface area contributed by atoms with E-state index in [1.54, 1.807) is 23.1 Å². The summed E-state index contributed by atoms with van der Waals surface area (Å²) in [5.41, 5.74) is 0.484. The van der Waals surface area contributed by atoms with E-state index in [4.69, 9.17) is 9.47 Å². The van der Waals surface area contributed by atoms with Gasteiger partial charge >= 0.3 is 6.03 Å². The Morgan fingerprint density at radius 3 is 2.82 bits per heavy atom. The lowest BCUT2D eigenvalue weighted by molar-refractivity contribution is -0.0983. The predicted octanol–water partition coefficient (Wildman–Crippen LogP) is 2.26. The van der Waals surface area contributed by atoms with Crippen LogP contribution in [0.25, 0.3) is 0 Å². The highest BCUT2D eigenvalue weighted by atomic mass is 19.1. The number of carbonyl (C=O) groups is 1. The van der Waals surface area contributed by atoms with Crippen LogP contribution in [-0.4, -0.2) is 43.0 Å². The highest BCUT2D eigenvalue weighted by Gasteiger charge is 2.36. The summed E-state index contributed by atoms with van der Waals surface area (Å²) in [5.74, 6) is -0.305. The summed E-state index contributed by atoms with van der Waals surface area (Å²) in [5, 5.41) is 2.80. The minimum Gasteiger partial charge on any atom is -0.348 e. The number of urea groups is 1. The van der Waals surface area contributed by atoms with Crippen molar-refractivity contribution in [2.45, 2.75) is 38.1 Å². The normalized spacial score (nSPS) is 22.8. The number of halogens is 1. The molecule has 2 amide bonds. The summed E-state index contributed by atoms with van der Waals surface area (Å²) >= 11 is 0. The van der Waals surface area contributed by atoms with Gasteiger partial charge in [0.1, 0.15) is 5.82 Å². The fourth-order valence-corrected chi connectivity index (χ4v) is 3.01. The maximum absolute atomic E-state index is 13.6. The molecule has 1 atom stereocenters. The number of nitrogens with zero attached hydrogens (tertiary/aromatic N) is 1. The second-order valence-electron chi connectivity index (χ2n) is 5.62. The van der Waals surface area contributed by atoms with Crippen molar-refractivity contribution in [2.24, 2.45) is 0 Å². The average Bonchev–Trinajstić information content (AvgIpc) is 3.08. The fourth-order valence-electron chi connectivity index (χ4n) is 3.01. The number of rotatable bonds is 3. The van der Waals surface area contributed by atoms with E-state index in [-0.39, 0.29) is 30.7 Å². The molecule has 0 radical (unpaired) electrons. The summed E-state index contributed by atoms with van der Waals surface area (Å²) in [7, 11) is 0. The first-order valence-electron chi connectivity index (χ1n) is 7.77. The van der Waals surface area contributed by atoms with Crippen LogP contribution in [0.15, 0.2) is 24.3 Å². The molecule has 0 bridgehead atoms. The van der Waals surface area contributed by atoms with Crippen molar-refractivity contribution in [3.05, 3.63) is 35.6 Å². The number of benzene rings is 1. The lowest BCUT2D eigenvalue weighted by atomic mass is 10.0. The average molecular weight is 308 g/mol. The maximum atomic E-state index is 13.6. The lowest BCUT2D eigenvalue weighted by Gasteiger charge is -2.37. The fraction of sp³-hybridized carbons (Fsp3) is 0.562. The Hall–Kier alpha value is -1.66. The summed E-state index contributed by atoms with van der Waals surface area (Å²) < 4.78 is 24.7. The zero-order valence-electron chi connectivity index (χ0n) is 12.5. The van der Waals surface area contributed by atoms with Gasteiger partial charge in [-0.05, 0) is 25.3 Å². The molecule has 2 aliphatic heterocycles. The van der Waals surface area contributed by atoms with Crippen molar-refractivity contribution in [1.29, 1.82) is 0 Å². The Morgan fingerprint density at radius 1 is 1.27 bits per heavy atom. The standard InChI is InChI=1S/C16H21FN2O3/c17-13-6-2-1-5-12(13)11-18-16(20)19-8-4-3-7-14(19)15-21-9-10-22-15/h1-2,5-6,14-15H,3-4,7-11H2,(H,18,20)/t14-/m1/s1. The van der Waals surface area contributed by atoms with Gasteiger partial charge in [-0.25, -0.2) is 9.18 Å². The van der Waals surface area contributed by atoms with Crippen LogP contribution in [-0.2, 0) is 16.0 Å². The number of nitrogens with one attached hydrogen (secondary N) is 1. The molecule has 6 heteroatoms. The molecule has 1 aromatic carbocycles. The van der Waals surface area contributed by atoms with E-state index >= 15 is 0 Å². The molecule has 22 heavy (non-hydrogen) atoms. The largest absolute Gasteiger partial charge is 0.348 e. The van der Waals surface area contributed by atoms with Gasteiger partial charge in [0.25, 0.3) is 0 Å². The smallest absolute Gasteiger partial charge is 0.318 e. The second kappa shape index (κ2) is 7.07. The minimum atomic E-state index is -0.334. The third-order valence-corrected chi connectivity index (χ3v) is 4.16. The molecule has 5 nitrogen and oxygen atoms in total. The van der Waals surface area contributed by atoms with E-state index in [0.717, 1.165) is 19.3 Å². The molecule has 0 spiro atoms. The molecule has 0 saturated carbocycles. The van der Waals surface area contributed by atoms with Gasteiger partial charge in [-0.15, -0.1) is 0 Å². The van der Waals surface area contributed by atoms with Crippen molar-refractivity contribution < 1.29 is 18.7 Å². The highest BCUT2D eigenvalue weighted by Crippen LogP contribution is 2.24. The van der Waals surface area contributed by atoms with Crippen LogP contribution in [0.3, 0.4) is 0 Å². The molecule has 2 fully saturated rings. The Morgan fingerprint density at radius 2 is 2.05 bits per heavy atom. The van der Waals surface area contributed by atoms with Crippen LogP contribution >= 0.6 is 0 Å². The van der Waals surface area contributed by atoms with Crippen molar-refractivity contribution in [2.75, 3.05) is 19.8 Å². The first-order valence-corrected chi connectivity index (χ1v) is 7.77. The number of piperidine rings is 1. The molecule has 1 aromatic rings. The van der Waals surface area contributed by atoms with Gasteiger partial charge in [0, 0.05) is 18.7 Å². The number of hydrogen-bond donors (Lipinski definition) is 1. The van der Waals surface area contributed by atoms with Crippen molar-refractivity contribution in [3.8, 4) is 0 Å². The Kier molecular flexibility index (Phi) is 4.90. The molecule has 0 aromatic heterocycles. The molecule has 2 aliphatic rings. The molecule has 2 saturated heterocycles. The van der Waals surface area contributed by atoms with E-state index in [0.29, 0.717) is 25.3 Å². The van der Waals surface area contributed by atoms with Gasteiger partial charge in [0.05, 0.1) is 19.3 Å². The van der Waals surface area contributed by atoms with Crippen LogP contribution < -0.4 is 5.32 Å². The van der Waals surface area contributed by atoms with Crippen LogP contribution in [0.5, 0.6) is 0 Å². The molecule has 3 rings (SSSR count). The number of ether oxygens (including phenoxy) is 2. The predicted molar refractivity (Wildman–Crippen MR) is 78.7 cm³/mol. The molecule has 1 N–H and O–H groups in total. The van der Waals surface area contributed by atoms with Gasteiger partial charge in [-0.3, -0.25) is 0 Å². The van der Waals surface area contributed by atoms with E-state index in [1.165, 1.54) is 6.07 Å². The third kappa shape index (κ3) is 3.39. The van der Waals surface area contributed by atoms with E-state index < -0.39 is 0 Å². The molecular weight excluding hydrogens is 287 g/mol. The second-order valence-corrected chi connectivity index (χ2v) is 5.62. The first-order chi connectivity index (χ1) is 10.8. The monoisotopic (exact) mass is 308 g/mol. The zero-order chi connectivity index (χ0) is 15.4. The maximum Gasteiger partial charge on any atom is 0.318 e. The van der Waals surface area contributed by atoms with Gasteiger partial charge < -0.3 is 19.7 Å². The number of carbonyl (C=O) groups excluding carboxylic acids is 1. The van der Waals surface area contributed by atoms with Crippen LogP contribution in [0.4, 0.5) is 9.18 Å². The quantitative estimate of drug-likeness (QED) is 0.932. The summed E-state index contributed by atoms with van der Waals surface area (Å²) in [6, 6.07) is 6.21. The highest BCUT2D eigenvalue weighted by molar-refractivity contribution is 5.74. The number of hydrogen-bond acceptors (Lipinski definition) is 3. The summed E-state index contributed by atoms with van der Waals surface area (Å²) in [6.07, 6.45) is 2.57. The molecule has 2 heterocycles.